The number of nitrogens with one attached hydrogen (secondary N) is 1. The van der Waals surface area contributed by atoms with Crippen molar-refractivity contribution < 1.29 is 9.47 Å². The van der Waals surface area contributed by atoms with Gasteiger partial charge in [-0.05, 0) is 42.2 Å². The summed E-state index contributed by atoms with van der Waals surface area (Å²) in [5, 5.41) is 7.42. The standard InChI is InChI=1S/C24H30N4O3/c1-16-6-11-21(25-13-16)18(3)17(2)15-31-23-12-22(24(29)28(4)27-23)26-14-19-7-9-20(30-5)10-8-19/h6-13,17-18,26H,14-15H2,1-5H3/t17?,18-/m0/s1. The number of hydrogen-bond acceptors (Lipinski definition) is 6. The Labute approximate surface area is 183 Å². The van der Waals surface area contributed by atoms with Gasteiger partial charge in [0.15, 0.2) is 0 Å². The monoisotopic (exact) mass is 422 g/mol. The van der Waals surface area contributed by atoms with E-state index in [0.717, 1.165) is 22.6 Å². The normalized spacial score (nSPS) is 12.8. The SMILES string of the molecule is COc1ccc(CNc2cc(OCC(C)[C@H](C)c3ccc(C)cn3)nn(C)c2=O)cc1. The molecule has 0 spiro atoms. The van der Waals surface area contributed by atoms with Gasteiger partial charge >= 0.3 is 0 Å². The van der Waals surface area contributed by atoms with E-state index < -0.39 is 0 Å². The van der Waals surface area contributed by atoms with Crippen molar-refractivity contribution in [3.05, 3.63) is 75.8 Å². The molecule has 164 valence electrons. The Balaban J connectivity index is 1.64. The third kappa shape index (κ3) is 5.84. The highest BCUT2D eigenvalue weighted by atomic mass is 16.5. The van der Waals surface area contributed by atoms with Gasteiger partial charge in [0, 0.05) is 37.5 Å². The zero-order valence-corrected chi connectivity index (χ0v) is 18.8. The highest BCUT2D eigenvalue weighted by Crippen LogP contribution is 2.23. The predicted molar refractivity (Wildman–Crippen MR) is 122 cm³/mol. The molecule has 1 unspecified atom stereocenters. The molecule has 0 saturated carbocycles. The summed E-state index contributed by atoms with van der Waals surface area (Å²) in [6.07, 6.45) is 1.88. The van der Waals surface area contributed by atoms with Crippen molar-refractivity contribution >= 4 is 5.69 Å². The molecule has 0 aliphatic rings. The van der Waals surface area contributed by atoms with E-state index in [0.29, 0.717) is 24.7 Å². The Kier molecular flexibility index (Phi) is 7.28. The second-order valence-corrected chi connectivity index (χ2v) is 7.86. The molecule has 3 rings (SSSR count). The number of aryl methyl sites for hydroxylation is 2. The summed E-state index contributed by atoms with van der Waals surface area (Å²) in [4.78, 5) is 17.0. The molecule has 1 aromatic carbocycles. The van der Waals surface area contributed by atoms with Gasteiger partial charge < -0.3 is 14.8 Å². The summed E-state index contributed by atoms with van der Waals surface area (Å²) in [5.41, 5.74) is 3.46. The van der Waals surface area contributed by atoms with E-state index in [2.05, 4.69) is 41.4 Å². The van der Waals surface area contributed by atoms with Crippen LogP contribution in [0, 0.1) is 12.8 Å². The fourth-order valence-corrected chi connectivity index (χ4v) is 3.12. The number of benzene rings is 1. The number of methoxy groups -OCH3 is 1. The largest absolute Gasteiger partial charge is 0.497 e. The summed E-state index contributed by atoms with van der Waals surface area (Å²) >= 11 is 0. The molecule has 1 N–H and O–H groups in total. The summed E-state index contributed by atoms with van der Waals surface area (Å²) in [6.45, 7) is 7.27. The second kappa shape index (κ2) is 10.1. The molecule has 3 aromatic rings. The fraction of sp³-hybridized carbons (Fsp3) is 0.375. The molecule has 7 nitrogen and oxygen atoms in total. The predicted octanol–water partition coefficient (Wildman–Crippen LogP) is 3.92. The fourth-order valence-electron chi connectivity index (χ4n) is 3.12. The molecule has 31 heavy (non-hydrogen) atoms. The van der Waals surface area contributed by atoms with Crippen LogP contribution in [0.1, 0.15) is 36.6 Å². The maximum atomic E-state index is 12.5. The first kappa shape index (κ1) is 22.3. The van der Waals surface area contributed by atoms with Crippen molar-refractivity contribution in [3.8, 4) is 11.6 Å². The van der Waals surface area contributed by atoms with E-state index in [1.807, 2.05) is 37.4 Å². The van der Waals surface area contributed by atoms with Crippen molar-refractivity contribution in [2.24, 2.45) is 13.0 Å². The van der Waals surface area contributed by atoms with Gasteiger partial charge in [-0.2, -0.15) is 0 Å². The summed E-state index contributed by atoms with van der Waals surface area (Å²) in [6, 6.07) is 13.5. The first-order chi connectivity index (χ1) is 14.9. The molecule has 7 heteroatoms. The van der Waals surface area contributed by atoms with E-state index in [-0.39, 0.29) is 17.4 Å². The molecular formula is C24H30N4O3. The number of hydrogen-bond donors (Lipinski definition) is 1. The van der Waals surface area contributed by atoms with Crippen LogP contribution in [0.5, 0.6) is 11.6 Å². The lowest BCUT2D eigenvalue weighted by Crippen LogP contribution is -2.24. The minimum absolute atomic E-state index is 0.203. The molecule has 2 heterocycles. The minimum Gasteiger partial charge on any atom is -0.497 e. The number of ether oxygens (including phenoxy) is 2. The van der Waals surface area contributed by atoms with Crippen LogP contribution >= 0.6 is 0 Å². The van der Waals surface area contributed by atoms with Gasteiger partial charge in [-0.1, -0.05) is 32.0 Å². The zero-order chi connectivity index (χ0) is 22.4. The van der Waals surface area contributed by atoms with Crippen LogP contribution in [0.25, 0.3) is 0 Å². The lowest BCUT2D eigenvalue weighted by atomic mass is 9.93. The van der Waals surface area contributed by atoms with Crippen LogP contribution in [0.4, 0.5) is 5.69 Å². The second-order valence-electron chi connectivity index (χ2n) is 7.86. The Morgan fingerprint density at radius 3 is 2.52 bits per heavy atom. The van der Waals surface area contributed by atoms with E-state index in [1.165, 1.54) is 4.68 Å². The molecule has 0 saturated heterocycles. The number of anilines is 1. The highest BCUT2D eigenvalue weighted by molar-refractivity contribution is 5.44. The number of aromatic nitrogens is 3. The minimum atomic E-state index is -0.203. The molecule has 0 radical (unpaired) electrons. The molecule has 2 atom stereocenters. The average molecular weight is 423 g/mol. The smallest absolute Gasteiger partial charge is 0.290 e. The molecule has 0 aliphatic carbocycles. The van der Waals surface area contributed by atoms with E-state index >= 15 is 0 Å². The van der Waals surface area contributed by atoms with Crippen LogP contribution in [0.2, 0.25) is 0 Å². The first-order valence-electron chi connectivity index (χ1n) is 10.4. The van der Waals surface area contributed by atoms with Crippen molar-refractivity contribution in [1.29, 1.82) is 0 Å². The Bertz CT molecular complexity index is 1050. The summed E-state index contributed by atoms with van der Waals surface area (Å²) in [7, 11) is 3.25. The molecule has 0 bridgehead atoms. The molecule has 2 aromatic heterocycles. The lowest BCUT2D eigenvalue weighted by Gasteiger charge is -2.20. The molecule has 0 amide bonds. The van der Waals surface area contributed by atoms with E-state index in [1.54, 1.807) is 20.2 Å². The Morgan fingerprint density at radius 2 is 1.87 bits per heavy atom. The number of nitrogens with zero attached hydrogens (tertiary/aromatic N) is 3. The maximum Gasteiger partial charge on any atom is 0.290 e. The number of pyridine rings is 1. The number of rotatable bonds is 9. The third-order valence-electron chi connectivity index (χ3n) is 5.43. The van der Waals surface area contributed by atoms with Crippen LogP contribution in [-0.2, 0) is 13.6 Å². The van der Waals surface area contributed by atoms with Crippen molar-refractivity contribution in [1.82, 2.24) is 14.8 Å². The third-order valence-corrected chi connectivity index (χ3v) is 5.43. The van der Waals surface area contributed by atoms with Crippen molar-refractivity contribution in [2.75, 3.05) is 19.0 Å². The summed E-state index contributed by atoms with van der Waals surface area (Å²) < 4.78 is 12.4. The maximum absolute atomic E-state index is 12.5. The lowest BCUT2D eigenvalue weighted by molar-refractivity contribution is 0.228. The molecule has 0 fully saturated rings. The van der Waals surface area contributed by atoms with Gasteiger partial charge in [0.25, 0.3) is 5.56 Å². The molecule has 0 aliphatic heterocycles. The molecular weight excluding hydrogens is 392 g/mol. The highest BCUT2D eigenvalue weighted by Gasteiger charge is 2.17. The first-order valence-corrected chi connectivity index (χ1v) is 10.4. The average Bonchev–Trinajstić information content (AvgIpc) is 2.79. The van der Waals surface area contributed by atoms with Crippen LogP contribution < -0.4 is 20.3 Å². The van der Waals surface area contributed by atoms with Gasteiger partial charge in [-0.15, -0.1) is 5.10 Å². The Hall–Kier alpha value is -3.35. The van der Waals surface area contributed by atoms with Crippen LogP contribution in [0.15, 0.2) is 53.5 Å². The summed E-state index contributed by atoms with van der Waals surface area (Å²) in [5.74, 6) is 1.67. The quantitative estimate of drug-likeness (QED) is 0.563. The van der Waals surface area contributed by atoms with Crippen molar-refractivity contribution in [3.63, 3.8) is 0 Å². The van der Waals surface area contributed by atoms with Gasteiger partial charge in [-0.25, -0.2) is 4.68 Å². The van der Waals surface area contributed by atoms with Crippen LogP contribution in [-0.4, -0.2) is 28.5 Å². The topological polar surface area (TPSA) is 78.3 Å². The van der Waals surface area contributed by atoms with E-state index in [9.17, 15) is 4.79 Å². The Morgan fingerprint density at radius 1 is 1.13 bits per heavy atom. The zero-order valence-electron chi connectivity index (χ0n) is 18.8. The van der Waals surface area contributed by atoms with Crippen LogP contribution in [0.3, 0.4) is 0 Å². The van der Waals surface area contributed by atoms with Crippen molar-refractivity contribution in [2.45, 2.75) is 33.2 Å². The van der Waals surface area contributed by atoms with Gasteiger partial charge in [0.1, 0.15) is 11.4 Å². The van der Waals surface area contributed by atoms with Gasteiger partial charge in [-0.3, -0.25) is 9.78 Å². The van der Waals surface area contributed by atoms with Gasteiger partial charge in [0.05, 0.1) is 13.7 Å². The van der Waals surface area contributed by atoms with Gasteiger partial charge in [0.2, 0.25) is 5.88 Å². The van der Waals surface area contributed by atoms with E-state index in [4.69, 9.17) is 9.47 Å².